The lowest BCUT2D eigenvalue weighted by Crippen LogP contribution is -2.33. The zero-order valence-corrected chi connectivity index (χ0v) is 22.1. The van der Waals surface area contributed by atoms with Gasteiger partial charge in [-0.05, 0) is 65.5 Å². The normalized spacial score (nSPS) is 20.1. The number of pyridine rings is 1. The van der Waals surface area contributed by atoms with Gasteiger partial charge in [0.15, 0.2) is 0 Å². The number of hydrogen-bond donors (Lipinski definition) is 1. The van der Waals surface area contributed by atoms with E-state index in [2.05, 4.69) is 63.2 Å². The zero-order valence-electron chi connectivity index (χ0n) is 22.1. The molecule has 8 nitrogen and oxygen atoms in total. The minimum Gasteiger partial charge on any atom is -0.295 e. The minimum absolute atomic E-state index is 0.0953. The van der Waals surface area contributed by atoms with Gasteiger partial charge >= 0.3 is 5.69 Å². The lowest BCUT2D eigenvalue weighted by Gasteiger charge is -2.27. The first-order valence-corrected chi connectivity index (χ1v) is 13.6. The molecule has 1 N–H and O–H groups in total. The van der Waals surface area contributed by atoms with Crippen LogP contribution in [0, 0.1) is 11.8 Å². The number of unbranched alkanes of at least 4 members (excludes halogenated alkanes) is 1. The summed E-state index contributed by atoms with van der Waals surface area (Å²) in [4.78, 5) is 18.5. The number of aromatic nitrogens is 7. The molecule has 0 aliphatic heterocycles. The number of H-pyrrole nitrogens is 1. The molecule has 37 heavy (non-hydrogen) atoms. The molecule has 3 aromatic heterocycles. The van der Waals surface area contributed by atoms with E-state index in [1.54, 1.807) is 6.20 Å². The van der Waals surface area contributed by atoms with E-state index >= 15 is 0 Å². The van der Waals surface area contributed by atoms with Gasteiger partial charge in [0.2, 0.25) is 5.82 Å². The molecule has 8 heteroatoms. The highest BCUT2D eigenvalue weighted by Gasteiger charge is 2.30. The Hall–Kier alpha value is -3.55. The van der Waals surface area contributed by atoms with Crippen molar-refractivity contribution in [1.82, 2.24) is 34.7 Å². The van der Waals surface area contributed by atoms with Gasteiger partial charge in [0, 0.05) is 35.9 Å². The van der Waals surface area contributed by atoms with Crippen molar-refractivity contribution in [3.8, 4) is 22.5 Å². The molecule has 1 aliphatic rings. The van der Waals surface area contributed by atoms with Gasteiger partial charge in [-0.2, -0.15) is 5.21 Å². The smallest absolute Gasteiger partial charge is 0.295 e. The minimum atomic E-state index is 0.0953. The summed E-state index contributed by atoms with van der Waals surface area (Å²) in [5, 5.41) is 14.7. The van der Waals surface area contributed by atoms with Crippen LogP contribution in [0.4, 0.5) is 0 Å². The van der Waals surface area contributed by atoms with Crippen LogP contribution in [0.1, 0.15) is 76.6 Å². The molecule has 0 spiro atoms. The monoisotopic (exact) mass is 499 g/mol. The molecule has 5 rings (SSSR count). The molecule has 194 valence electrons. The third kappa shape index (κ3) is 5.15. The number of tetrazole rings is 1. The van der Waals surface area contributed by atoms with E-state index in [1.807, 2.05) is 35.0 Å². The second-order valence-electron chi connectivity index (χ2n) is 10.5. The van der Waals surface area contributed by atoms with Crippen molar-refractivity contribution in [3.05, 3.63) is 70.7 Å². The van der Waals surface area contributed by atoms with Crippen LogP contribution in [0.2, 0.25) is 0 Å². The van der Waals surface area contributed by atoms with Crippen molar-refractivity contribution in [2.75, 3.05) is 0 Å². The topological polar surface area (TPSA) is 94.3 Å². The lowest BCUT2D eigenvalue weighted by molar-refractivity contribution is 0.253. The van der Waals surface area contributed by atoms with E-state index in [4.69, 9.17) is 0 Å². The van der Waals surface area contributed by atoms with Crippen LogP contribution >= 0.6 is 0 Å². The van der Waals surface area contributed by atoms with E-state index in [9.17, 15) is 4.79 Å². The van der Waals surface area contributed by atoms with E-state index in [-0.39, 0.29) is 11.7 Å². The van der Waals surface area contributed by atoms with Crippen molar-refractivity contribution in [1.29, 1.82) is 0 Å². The zero-order chi connectivity index (χ0) is 25.8. The third-order valence-corrected chi connectivity index (χ3v) is 7.96. The maximum absolute atomic E-state index is 14.0. The van der Waals surface area contributed by atoms with Gasteiger partial charge in [0.25, 0.3) is 0 Å². The largest absolute Gasteiger partial charge is 0.328 e. The number of hydrogen-bond acceptors (Lipinski definition) is 5. The standard InChI is InChI=1S/C29H37N7O/c1-4-5-12-23-19-36(27-20(2)10-6-7-11-21(27)3)29(37)35(23)18-22-17-30-16-15-24(22)25-13-8-9-14-26(25)28-31-33-34-32-28/h8-9,13-17,19-21,27H,4-7,10-12,18H2,1-3H3,(H,31,32,33,34). The Bertz CT molecular complexity index is 1360. The van der Waals surface area contributed by atoms with Crippen LogP contribution in [0.3, 0.4) is 0 Å². The van der Waals surface area contributed by atoms with Crippen molar-refractivity contribution in [2.45, 2.75) is 78.3 Å². The van der Waals surface area contributed by atoms with Crippen molar-refractivity contribution in [2.24, 2.45) is 11.8 Å². The molecule has 0 saturated heterocycles. The molecular formula is C29H37N7O. The molecule has 1 aromatic carbocycles. The molecule has 2 unspecified atom stereocenters. The third-order valence-electron chi connectivity index (χ3n) is 7.96. The van der Waals surface area contributed by atoms with Gasteiger partial charge in [-0.3, -0.25) is 14.1 Å². The second-order valence-corrected chi connectivity index (χ2v) is 10.5. The fourth-order valence-corrected chi connectivity index (χ4v) is 6.05. The highest BCUT2D eigenvalue weighted by molar-refractivity contribution is 5.81. The van der Waals surface area contributed by atoms with Crippen LogP contribution < -0.4 is 5.69 Å². The maximum atomic E-state index is 14.0. The van der Waals surface area contributed by atoms with Crippen molar-refractivity contribution >= 4 is 0 Å². The molecule has 0 radical (unpaired) electrons. The molecule has 2 atom stereocenters. The Morgan fingerprint density at radius 3 is 2.49 bits per heavy atom. The predicted octanol–water partition coefficient (Wildman–Crippen LogP) is 5.67. The highest BCUT2D eigenvalue weighted by atomic mass is 16.1. The van der Waals surface area contributed by atoms with Crippen LogP contribution in [-0.4, -0.2) is 34.7 Å². The molecular weight excluding hydrogens is 462 g/mol. The summed E-state index contributed by atoms with van der Waals surface area (Å²) in [5.41, 5.74) is 5.11. The van der Waals surface area contributed by atoms with Crippen LogP contribution in [-0.2, 0) is 13.0 Å². The SMILES string of the molecule is CCCCc1cn(C2C(C)CCCCC2C)c(=O)n1Cc1cnccc1-c1ccccc1-c1nn[nH]n1. The average molecular weight is 500 g/mol. The van der Waals surface area contributed by atoms with E-state index in [1.165, 1.54) is 25.7 Å². The summed E-state index contributed by atoms with van der Waals surface area (Å²) < 4.78 is 4.05. The fourth-order valence-electron chi connectivity index (χ4n) is 6.05. The first kappa shape index (κ1) is 25.1. The Kier molecular flexibility index (Phi) is 7.63. The Balaban J connectivity index is 1.58. The summed E-state index contributed by atoms with van der Waals surface area (Å²) in [6, 6.07) is 10.3. The highest BCUT2D eigenvalue weighted by Crippen LogP contribution is 2.37. The summed E-state index contributed by atoms with van der Waals surface area (Å²) in [5.74, 6) is 1.52. The molecule has 1 fully saturated rings. The van der Waals surface area contributed by atoms with Gasteiger partial charge < -0.3 is 0 Å². The first-order chi connectivity index (χ1) is 18.1. The van der Waals surface area contributed by atoms with Gasteiger partial charge in [-0.25, -0.2) is 4.79 Å². The van der Waals surface area contributed by atoms with Crippen LogP contribution in [0.5, 0.6) is 0 Å². The molecule has 1 aliphatic carbocycles. The number of aromatic amines is 1. The number of nitrogens with zero attached hydrogens (tertiary/aromatic N) is 6. The van der Waals surface area contributed by atoms with Gasteiger partial charge in [0.05, 0.1) is 6.54 Å². The van der Waals surface area contributed by atoms with Gasteiger partial charge in [-0.15, -0.1) is 10.2 Å². The van der Waals surface area contributed by atoms with Crippen molar-refractivity contribution in [3.63, 3.8) is 0 Å². The van der Waals surface area contributed by atoms with E-state index < -0.39 is 0 Å². The summed E-state index contributed by atoms with van der Waals surface area (Å²) in [7, 11) is 0. The number of aryl methyl sites for hydroxylation is 1. The summed E-state index contributed by atoms with van der Waals surface area (Å²) in [6.45, 7) is 7.30. The predicted molar refractivity (Wildman–Crippen MR) is 145 cm³/mol. The number of rotatable bonds is 8. The Morgan fingerprint density at radius 2 is 1.78 bits per heavy atom. The van der Waals surface area contributed by atoms with Gasteiger partial charge in [-0.1, -0.05) is 64.3 Å². The number of benzene rings is 1. The molecule has 0 amide bonds. The van der Waals surface area contributed by atoms with E-state index in [0.717, 1.165) is 47.2 Å². The lowest BCUT2D eigenvalue weighted by atomic mass is 9.89. The van der Waals surface area contributed by atoms with Crippen LogP contribution in [0.25, 0.3) is 22.5 Å². The quantitative estimate of drug-likeness (QED) is 0.315. The Morgan fingerprint density at radius 1 is 1.03 bits per heavy atom. The number of imidazole rings is 1. The van der Waals surface area contributed by atoms with E-state index in [0.29, 0.717) is 24.2 Å². The first-order valence-electron chi connectivity index (χ1n) is 13.6. The average Bonchev–Trinajstić information content (AvgIpc) is 3.51. The summed E-state index contributed by atoms with van der Waals surface area (Å²) >= 11 is 0. The van der Waals surface area contributed by atoms with Gasteiger partial charge in [0.1, 0.15) is 0 Å². The summed E-state index contributed by atoms with van der Waals surface area (Å²) in [6.07, 6.45) is 13.7. The molecule has 4 aromatic rings. The van der Waals surface area contributed by atoms with Crippen LogP contribution in [0.15, 0.2) is 53.7 Å². The molecule has 0 bridgehead atoms. The fraction of sp³-hybridized carbons (Fsp3) is 0.483. The Labute approximate surface area is 218 Å². The van der Waals surface area contributed by atoms with Crippen molar-refractivity contribution < 1.29 is 0 Å². The second kappa shape index (κ2) is 11.2. The maximum Gasteiger partial charge on any atom is 0.328 e. The molecule has 3 heterocycles. The molecule has 1 saturated carbocycles. The number of nitrogens with one attached hydrogen (secondary N) is 1.